The maximum Gasteiger partial charge on any atom is 0.341 e. The zero-order valence-electron chi connectivity index (χ0n) is 26.6. The van der Waals surface area contributed by atoms with Crippen LogP contribution in [0.5, 0.6) is 0 Å². The Morgan fingerprint density at radius 2 is 1.58 bits per heavy atom. The van der Waals surface area contributed by atoms with Crippen LogP contribution in [0.3, 0.4) is 0 Å². The van der Waals surface area contributed by atoms with Crippen molar-refractivity contribution in [2.75, 3.05) is 23.0 Å². The van der Waals surface area contributed by atoms with Crippen molar-refractivity contribution >= 4 is 69.2 Å². The number of hydrogen-bond acceptors (Lipinski definition) is 9. The molecule has 1 aromatic heterocycles. The predicted molar refractivity (Wildman–Crippen MR) is 195 cm³/mol. The summed E-state index contributed by atoms with van der Waals surface area (Å²) < 4.78 is 5.27. The normalized spacial score (nSPS) is 10.9. The monoisotopic (exact) mass is 706 g/mol. The number of nitrogens with one attached hydrogen (secondary N) is 3. The van der Waals surface area contributed by atoms with Crippen molar-refractivity contribution in [3.05, 3.63) is 147 Å². The fourth-order valence-corrected chi connectivity index (χ4v) is 6.46. The van der Waals surface area contributed by atoms with Crippen molar-refractivity contribution in [2.45, 2.75) is 11.8 Å². The van der Waals surface area contributed by atoms with Gasteiger partial charge in [0, 0.05) is 33.2 Å². The Morgan fingerprint density at radius 1 is 0.880 bits per heavy atom. The van der Waals surface area contributed by atoms with Gasteiger partial charge in [-0.25, -0.2) is 4.79 Å². The van der Waals surface area contributed by atoms with Gasteiger partial charge in [-0.1, -0.05) is 66.7 Å². The molecule has 5 aromatic rings. The van der Waals surface area contributed by atoms with Gasteiger partial charge in [-0.05, 0) is 55.0 Å². The predicted octanol–water partition coefficient (Wildman–Crippen LogP) is 7.64. The molecular weight excluding hydrogens is 677 g/mol. The second-order valence-electron chi connectivity index (χ2n) is 10.5. The number of amides is 3. The second kappa shape index (κ2) is 16.9. The lowest BCUT2D eigenvalue weighted by atomic mass is 10.0. The maximum atomic E-state index is 13.5. The van der Waals surface area contributed by atoms with E-state index < -0.39 is 22.7 Å². The molecule has 50 heavy (non-hydrogen) atoms. The standard InChI is InChI=1S/C37H30N4O7S2/c1-2-48-37(45)33-29(24-12-5-3-6-13-24)22-50-36(33)40-32(42)23-49-28-18-11-17-27(21-28)38-35(44)30(39-34(43)25-14-7-4-8-15-25)20-26-16-9-10-19-31(26)41(46)47/h3-22H,2,23H2,1H3,(H,38,44)(H,39,43)(H,40,42)/b30-20+. The number of carbonyl (C=O) groups is 4. The lowest BCUT2D eigenvalue weighted by Crippen LogP contribution is -2.30. The number of anilines is 2. The first kappa shape index (κ1) is 35.3. The van der Waals surface area contributed by atoms with Crippen molar-refractivity contribution in [1.29, 1.82) is 0 Å². The minimum Gasteiger partial charge on any atom is -0.462 e. The third-order valence-corrected chi connectivity index (χ3v) is 8.92. The number of ether oxygens (including phenoxy) is 1. The fraction of sp³-hybridized carbons (Fsp3) is 0.0811. The van der Waals surface area contributed by atoms with Crippen LogP contribution >= 0.6 is 23.1 Å². The number of rotatable bonds is 13. The van der Waals surface area contributed by atoms with Gasteiger partial charge in [0.15, 0.2) is 0 Å². The Balaban J connectivity index is 1.30. The van der Waals surface area contributed by atoms with Gasteiger partial charge in [-0.15, -0.1) is 23.1 Å². The van der Waals surface area contributed by atoms with Crippen LogP contribution in [0.2, 0.25) is 0 Å². The van der Waals surface area contributed by atoms with Crippen molar-refractivity contribution in [3.8, 4) is 11.1 Å². The van der Waals surface area contributed by atoms with Crippen LogP contribution in [0.15, 0.2) is 125 Å². The molecule has 0 aliphatic heterocycles. The number of nitro benzene ring substituents is 1. The lowest BCUT2D eigenvalue weighted by Gasteiger charge is -2.12. The van der Waals surface area contributed by atoms with E-state index in [-0.39, 0.29) is 40.8 Å². The summed E-state index contributed by atoms with van der Waals surface area (Å²) in [6, 6.07) is 30.2. The highest BCUT2D eigenvalue weighted by molar-refractivity contribution is 8.00. The van der Waals surface area contributed by atoms with E-state index in [9.17, 15) is 29.3 Å². The van der Waals surface area contributed by atoms with E-state index in [1.807, 2.05) is 30.3 Å². The summed E-state index contributed by atoms with van der Waals surface area (Å²) in [7, 11) is 0. The Kier molecular flexibility index (Phi) is 11.9. The quantitative estimate of drug-likeness (QED) is 0.0371. The van der Waals surface area contributed by atoms with Gasteiger partial charge in [0.25, 0.3) is 17.5 Å². The number of thioether (sulfide) groups is 1. The molecule has 0 saturated carbocycles. The molecule has 0 fully saturated rings. The fourth-order valence-electron chi connectivity index (χ4n) is 4.73. The maximum absolute atomic E-state index is 13.5. The molecule has 1 heterocycles. The molecule has 0 bridgehead atoms. The molecule has 0 atom stereocenters. The van der Waals surface area contributed by atoms with Crippen LogP contribution in [-0.4, -0.2) is 41.0 Å². The molecule has 5 rings (SSSR count). The summed E-state index contributed by atoms with van der Waals surface area (Å²) in [4.78, 5) is 64.1. The zero-order chi connectivity index (χ0) is 35.5. The van der Waals surface area contributed by atoms with E-state index in [4.69, 9.17) is 4.74 Å². The molecule has 0 aliphatic carbocycles. The molecule has 11 nitrogen and oxygen atoms in total. The molecule has 13 heteroatoms. The van der Waals surface area contributed by atoms with Gasteiger partial charge in [0.2, 0.25) is 5.91 Å². The molecule has 3 amide bonds. The van der Waals surface area contributed by atoms with Crippen LogP contribution in [0.25, 0.3) is 17.2 Å². The van der Waals surface area contributed by atoms with Crippen LogP contribution in [0, 0.1) is 10.1 Å². The van der Waals surface area contributed by atoms with Crippen LogP contribution < -0.4 is 16.0 Å². The number of para-hydroxylation sites is 1. The first-order chi connectivity index (χ1) is 24.2. The number of hydrogen-bond donors (Lipinski definition) is 3. The van der Waals surface area contributed by atoms with E-state index >= 15 is 0 Å². The van der Waals surface area contributed by atoms with Gasteiger partial charge in [0.05, 0.1) is 22.8 Å². The summed E-state index contributed by atoms with van der Waals surface area (Å²) in [6.07, 6.45) is 1.25. The highest BCUT2D eigenvalue weighted by Crippen LogP contribution is 2.36. The molecule has 4 aromatic carbocycles. The smallest absolute Gasteiger partial charge is 0.341 e. The summed E-state index contributed by atoms with van der Waals surface area (Å²) in [5.41, 5.74) is 2.09. The van der Waals surface area contributed by atoms with Crippen LogP contribution in [-0.2, 0) is 14.3 Å². The first-order valence-corrected chi connectivity index (χ1v) is 17.1. The first-order valence-electron chi connectivity index (χ1n) is 15.2. The molecular formula is C37H30N4O7S2. The topological polar surface area (TPSA) is 157 Å². The third-order valence-electron chi connectivity index (χ3n) is 7.03. The Labute approximate surface area is 295 Å². The van der Waals surface area contributed by atoms with Crippen molar-refractivity contribution in [1.82, 2.24) is 5.32 Å². The van der Waals surface area contributed by atoms with E-state index in [1.54, 1.807) is 73.0 Å². The summed E-state index contributed by atoms with van der Waals surface area (Å²) in [6.45, 7) is 1.90. The summed E-state index contributed by atoms with van der Waals surface area (Å²) in [5, 5.41) is 21.9. The van der Waals surface area contributed by atoms with Crippen molar-refractivity contribution < 1.29 is 28.8 Å². The lowest BCUT2D eigenvalue weighted by molar-refractivity contribution is -0.385. The molecule has 0 saturated heterocycles. The zero-order valence-corrected chi connectivity index (χ0v) is 28.2. The van der Waals surface area contributed by atoms with Crippen LogP contribution in [0.1, 0.15) is 33.2 Å². The van der Waals surface area contributed by atoms with E-state index in [0.29, 0.717) is 26.7 Å². The second-order valence-corrected chi connectivity index (χ2v) is 12.4. The average Bonchev–Trinajstić information content (AvgIpc) is 3.55. The number of esters is 1. The number of carbonyl (C=O) groups excluding carboxylic acids is 4. The Morgan fingerprint density at radius 3 is 2.30 bits per heavy atom. The molecule has 0 radical (unpaired) electrons. The van der Waals surface area contributed by atoms with Crippen LogP contribution in [0.4, 0.5) is 16.4 Å². The average molecular weight is 707 g/mol. The Hall–Kier alpha value is -6.05. The highest BCUT2D eigenvalue weighted by atomic mass is 32.2. The highest BCUT2D eigenvalue weighted by Gasteiger charge is 2.23. The third kappa shape index (κ3) is 9.09. The van der Waals surface area contributed by atoms with Crippen molar-refractivity contribution in [2.24, 2.45) is 0 Å². The van der Waals surface area contributed by atoms with Gasteiger partial charge in [-0.2, -0.15) is 0 Å². The van der Waals surface area contributed by atoms with Gasteiger partial charge in [0.1, 0.15) is 16.3 Å². The number of nitro groups is 1. The minimum absolute atomic E-state index is 0.00576. The number of benzene rings is 4. The van der Waals surface area contributed by atoms with Gasteiger partial charge < -0.3 is 20.7 Å². The molecule has 0 unspecified atom stereocenters. The Bertz CT molecular complexity index is 2060. The van der Waals surface area contributed by atoms with Gasteiger partial charge >= 0.3 is 5.97 Å². The SMILES string of the molecule is CCOC(=O)c1c(-c2ccccc2)csc1NC(=O)CSc1cccc(NC(=O)/C(=C\c2ccccc2[N+](=O)[O-])NC(=O)c2ccccc2)c1. The number of thiophene rings is 1. The molecule has 252 valence electrons. The number of nitrogens with zero attached hydrogens (tertiary/aromatic N) is 1. The molecule has 3 N–H and O–H groups in total. The van der Waals surface area contributed by atoms with Crippen molar-refractivity contribution in [3.63, 3.8) is 0 Å². The van der Waals surface area contributed by atoms with E-state index in [1.165, 1.54) is 47.4 Å². The van der Waals surface area contributed by atoms with E-state index in [0.717, 1.165) is 5.56 Å². The molecule has 0 aliphatic rings. The van der Waals surface area contributed by atoms with Gasteiger partial charge in [-0.3, -0.25) is 24.5 Å². The largest absolute Gasteiger partial charge is 0.462 e. The summed E-state index contributed by atoms with van der Waals surface area (Å²) in [5.74, 6) is -2.18. The molecule has 0 spiro atoms. The van der Waals surface area contributed by atoms with E-state index in [2.05, 4.69) is 16.0 Å². The summed E-state index contributed by atoms with van der Waals surface area (Å²) >= 11 is 2.44. The minimum atomic E-state index is -0.717.